The smallest absolute Gasteiger partial charge is 0.233 e. The third kappa shape index (κ3) is 2.81. The molecule has 2 aromatic heterocycles. The van der Waals surface area contributed by atoms with Gasteiger partial charge in [-0.05, 0) is 25.5 Å². The second-order valence-electron chi connectivity index (χ2n) is 3.96. The van der Waals surface area contributed by atoms with E-state index in [9.17, 15) is 4.79 Å². The summed E-state index contributed by atoms with van der Waals surface area (Å²) in [6, 6.07) is 5.72. The van der Waals surface area contributed by atoms with Crippen molar-refractivity contribution < 1.29 is 4.79 Å². The second kappa shape index (κ2) is 5.86. The van der Waals surface area contributed by atoms with Gasteiger partial charge in [-0.2, -0.15) is 0 Å². The summed E-state index contributed by atoms with van der Waals surface area (Å²) in [5.74, 6) is 0.0366. The van der Waals surface area contributed by atoms with Crippen molar-refractivity contribution >= 4 is 23.3 Å². The molecule has 1 atom stereocenters. The molecule has 18 heavy (non-hydrogen) atoms. The quantitative estimate of drug-likeness (QED) is 0.836. The fourth-order valence-electron chi connectivity index (χ4n) is 1.50. The highest BCUT2D eigenvalue weighted by atomic mass is 32.2. The number of thioether (sulfide) groups is 1. The highest BCUT2D eigenvalue weighted by Crippen LogP contribution is 2.21. The van der Waals surface area contributed by atoms with Gasteiger partial charge in [0.1, 0.15) is 0 Å². The van der Waals surface area contributed by atoms with Crippen LogP contribution in [0.25, 0.3) is 5.65 Å². The van der Waals surface area contributed by atoms with Crippen LogP contribution < -0.4 is 5.32 Å². The van der Waals surface area contributed by atoms with Gasteiger partial charge in [-0.1, -0.05) is 24.8 Å². The Morgan fingerprint density at radius 3 is 3.11 bits per heavy atom. The topological polar surface area (TPSA) is 59.3 Å². The fourth-order valence-corrected chi connectivity index (χ4v) is 2.37. The standard InChI is InChI=1S/C12H16N4OS/c1-3-7-13-11(17)9(2)18-12-15-14-10-6-4-5-8-16(10)12/h4-6,8-9H,3,7H2,1-2H3,(H,13,17)/t9-/m0/s1. The molecule has 96 valence electrons. The van der Waals surface area contributed by atoms with Crippen molar-refractivity contribution in [3.05, 3.63) is 24.4 Å². The van der Waals surface area contributed by atoms with Crippen molar-refractivity contribution in [1.29, 1.82) is 0 Å². The zero-order valence-electron chi connectivity index (χ0n) is 10.5. The molecule has 1 amide bonds. The molecule has 0 saturated carbocycles. The number of pyridine rings is 1. The molecule has 2 heterocycles. The van der Waals surface area contributed by atoms with Crippen LogP contribution in [0.15, 0.2) is 29.6 Å². The van der Waals surface area contributed by atoms with Crippen LogP contribution in [0.1, 0.15) is 20.3 Å². The third-order valence-electron chi connectivity index (χ3n) is 2.48. The molecule has 0 fully saturated rings. The average molecular weight is 264 g/mol. The molecule has 2 aromatic rings. The summed E-state index contributed by atoms with van der Waals surface area (Å²) < 4.78 is 1.88. The Hall–Kier alpha value is -1.56. The van der Waals surface area contributed by atoms with Crippen LogP contribution >= 0.6 is 11.8 Å². The molecule has 0 saturated heterocycles. The monoisotopic (exact) mass is 264 g/mol. The van der Waals surface area contributed by atoms with Gasteiger partial charge in [0.2, 0.25) is 5.91 Å². The molecule has 2 rings (SSSR count). The van der Waals surface area contributed by atoms with Gasteiger partial charge in [0, 0.05) is 12.7 Å². The van der Waals surface area contributed by atoms with Gasteiger partial charge in [-0.15, -0.1) is 10.2 Å². The summed E-state index contributed by atoms with van der Waals surface area (Å²) in [5, 5.41) is 11.6. The van der Waals surface area contributed by atoms with Crippen molar-refractivity contribution in [2.75, 3.05) is 6.54 Å². The number of carbonyl (C=O) groups is 1. The number of nitrogens with zero attached hydrogens (tertiary/aromatic N) is 3. The molecule has 6 heteroatoms. The van der Waals surface area contributed by atoms with Crippen molar-refractivity contribution in [1.82, 2.24) is 19.9 Å². The van der Waals surface area contributed by atoms with Gasteiger partial charge in [0.25, 0.3) is 0 Å². The Bertz CT molecular complexity index is 540. The number of amides is 1. The summed E-state index contributed by atoms with van der Waals surface area (Å²) in [6.07, 6.45) is 2.84. The van der Waals surface area contributed by atoms with E-state index in [0.717, 1.165) is 17.2 Å². The molecular weight excluding hydrogens is 248 g/mol. The molecule has 0 spiro atoms. The lowest BCUT2D eigenvalue weighted by atomic mass is 10.4. The maximum Gasteiger partial charge on any atom is 0.233 e. The molecule has 1 N–H and O–H groups in total. The lowest BCUT2D eigenvalue weighted by Gasteiger charge is -2.09. The SMILES string of the molecule is CCCNC(=O)[C@H](C)Sc1nnc2ccccn12. The zero-order valence-corrected chi connectivity index (χ0v) is 11.3. The molecule has 0 unspecified atom stereocenters. The number of nitrogens with one attached hydrogen (secondary N) is 1. The van der Waals surface area contributed by atoms with Gasteiger partial charge in [0.15, 0.2) is 10.8 Å². The number of aromatic nitrogens is 3. The van der Waals surface area contributed by atoms with E-state index in [4.69, 9.17) is 0 Å². The maximum atomic E-state index is 11.8. The number of hydrogen-bond donors (Lipinski definition) is 1. The predicted octanol–water partition coefficient (Wildman–Crippen LogP) is 1.74. The minimum absolute atomic E-state index is 0.0366. The summed E-state index contributed by atoms with van der Waals surface area (Å²) in [7, 11) is 0. The highest BCUT2D eigenvalue weighted by molar-refractivity contribution is 8.00. The summed E-state index contributed by atoms with van der Waals surface area (Å²) in [5.41, 5.74) is 0.793. The van der Waals surface area contributed by atoms with Gasteiger partial charge in [-0.3, -0.25) is 9.20 Å². The zero-order chi connectivity index (χ0) is 13.0. The van der Waals surface area contributed by atoms with E-state index in [0.29, 0.717) is 6.54 Å². The molecule has 5 nitrogen and oxygen atoms in total. The van der Waals surface area contributed by atoms with Crippen molar-refractivity contribution in [3.8, 4) is 0 Å². The van der Waals surface area contributed by atoms with E-state index >= 15 is 0 Å². The van der Waals surface area contributed by atoms with Crippen LogP contribution in [0, 0.1) is 0 Å². The van der Waals surface area contributed by atoms with Gasteiger partial charge < -0.3 is 5.32 Å². The first kappa shape index (κ1) is 12.9. The lowest BCUT2D eigenvalue weighted by Crippen LogP contribution is -2.31. The first-order chi connectivity index (χ1) is 8.72. The van der Waals surface area contributed by atoms with E-state index < -0.39 is 0 Å². The number of fused-ring (bicyclic) bond motifs is 1. The molecule has 0 aliphatic rings. The second-order valence-corrected chi connectivity index (χ2v) is 5.27. The summed E-state index contributed by atoms with van der Waals surface area (Å²) in [6.45, 7) is 4.62. The Morgan fingerprint density at radius 1 is 1.50 bits per heavy atom. The van der Waals surface area contributed by atoms with Gasteiger partial charge in [-0.25, -0.2) is 0 Å². The molecule has 0 aliphatic heterocycles. The van der Waals surface area contributed by atoms with Crippen LogP contribution in [0.2, 0.25) is 0 Å². The van der Waals surface area contributed by atoms with Crippen molar-refractivity contribution in [2.45, 2.75) is 30.7 Å². The van der Waals surface area contributed by atoms with Gasteiger partial charge in [0.05, 0.1) is 5.25 Å². The molecule has 0 aliphatic carbocycles. The Kier molecular flexibility index (Phi) is 4.19. The predicted molar refractivity (Wildman–Crippen MR) is 71.6 cm³/mol. The Balaban J connectivity index is 2.07. The first-order valence-corrected chi connectivity index (χ1v) is 6.84. The maximum absolute atomic E-state index is 11.8. The number of carbonyl (C=O) groups excluding carboxylic acids is 1. The van der Waals surface area contributed by atoms with Crippen LogP contribution in [0.5, 0.6) is 0 Å². The van der Waals surface area contributed by atoms with Crippen LogP contribution in [0.4, 0.5) is 0 Å². The van der Waals surface area contributed by atoms with Crippen LogP contribution in [-0.2, 0) is 4.79 Å². The lowest BCUT2D eigenvalue weighted by molar-refractivity contribution is -0.120. The first-order valence-electron chi connectivity index (χ1n) is 5.96. The summed E-state index contributed by atoms with van der Waals surface area (Å²) in [4.78, 5) is 11.8. The van der Waals surface area contributed by atoms with Crippen molar-refractivity contribution in [3.63, 3.8) is 0 Å². The number of hydrogen-bond acceptors (Lipinski definition) is 4. The molecular formula is C12H16N4OS. The normalized spacial score (nSPS) is 12.6. The van der Waals surface area contributed by atoms with E-state index in [1.807, 2.05) is 42.6 Å². The van der Waals surface area contributed by atoms with Gasteiger partial charge >= 0.3 is 0 Å². The fraction of sp³-hybridized carbons (Fsp3) is 0.417. The minimum atomic E-state index is -0.177. The highest BCUT2D eigenvalue weighted by Gasteiger charge is 2.16. The van der Waals surface area contributed by atoms with E-state index in [1.54, 1.807) is 0 Å². The Labute approximate surface area is 110 Å². The van der Waals surface area contributed by atoms with Crippen LogP contribution in [-0.4, -0.2) is 32.3 Å². The average Bonchev–Trinajstić information content (AvgIpc) is 2.79. The number of rotatable bonds is 5. The van der Waals surface area contributed by atoms with Crippen LogP contribution in [0.3, 0.4) is 0 Å². The Morgan fingerprint density at radius 2 is 2.33 bits per heavy atom. The van der Waals surface area contributed by atoms with E-state index in [1.165, 1.54) is 11.8 Å². The molecule has 0 radical (unpaired) electrons. The minimum Gasteiger partial charge on any atom is -0.355 e. The molecule has 0 aromatic carbocycles. The van der Waals surface area contributed by atoms with Crippen molar-refractivity contribution in [2.24, 2.45) is 0 Å². The molecule has 0 bridgehead atoms. The third-order valence-corrected chi connectivity index (χ3v) is 3.54. The largest absolute Gasteiger partial charge is 0.355 e. The van der Waals surface area contributed by atoms with E-state index in [2.05, 4.69) is 15.5 Å². The van der Waals surface area contributed by atoms with E-state index in [-0.39, 0.29) is 11.2 Å². The summed E-state index contributed by atoms with van der Waals surface area (Å²) >= 11 is 1.42.